The molecule has 8 heavy (non-hydrogen) atoms. The Morgan fingerprint density at radius 1 is 1.38 bits per heavy atom. The van der Waals surface area contributed by atoms with E-state index in [0.717, 1.165) is 0 Å². The minimum absolute atomic E-state index is 0.0278. The first-order chi connectivity index (χ1) is 5.12. The van der Waals surface area contributed by atoms with E-state index in [4.69, 9.17) is 15.7 Å². The Hall–Kier alpha value is 0.880. The zero-order chi connectivity index (χ0) is 10.4. The van der Waals surface area contributed by atoms with Crippen LogP contribution in [-0.2, 0) is 0 Å². The molecule has 0 aromatic rings. The van der Waals surface area contributed by atoms with Gasteiger partial charge in [-0.3, -0.25) is 0 Å². The third-order valence-electron chi connectivity index (χ3n) is 0.120. The van der Waals surface area contributed by atoms with Gasteiger partial charge in [0.25, 0.3) is 0 Å². The summed E-state index contributed by atoms with van der Waals surface area (Å²) in [6.07, 6.45) is 0. The third kappa shape index (κ3) is 28.7. The van der Waals surface area contributed by atoms with Crippen LogP contribution in [0.15, 0.2) is 0 Å². The molecule has 2 nitrogen and oxygen atoms in total. The van der Waals surface area contributed by atoms with Crippen molar-refractivity contribution in [3.05, 3.63) is 0 Å². The molecule has 0 aliphatic carbocycles. The Labute approximate surface area is 71.8 Å². The van der Waals surface area contributed by atoms with Gasteiger partial charge in [-0.2, -0.15) is 0 Å². The molecular formula is C4H10Br2O2. The summed E-state index contributed by atoms with van der Waals surface area (Å²) >= 11 is 5.31. The van der Waals surface area contributed by atoms with E-state index in [0.29, 0.717) is 0 Å². The van der Waals surface area contributed by atoms with Crippen LogP contribution in [-0.4, -0.2) is 34.0 Å². The van der Waals surface area contributed by atoms with Gasteiger partial charge in [0.05, 0.1) is 15.9 Å². The molecule has 0 aromatic carbocycles. The van der Waals surface area contributed by atoms with Crippen molar-refractivity contribution in [2.24, 2.45) is 0 Å². The Balaban J connectivity index is 0. The van der Waals surface area contributed by atoms with Crippen LogP contribution in [0, 0.1) is 0 Å². The van der Waals surface area contributed by atoms with Crippen molar-refractivity contribution in [1.82, 2.24) is 0 Å². The summed E-state index contributed by atoms with van der Waals surface area (Å²) in [5, 5.41) is 14.5. The van der Waals surface area contributed by atoms with E-state index in [1.165, 1.54) is 0 Å². The average molecular weight is 254 g/mol. The van der Waals surface area contributed by atoms with Gasteiger partial charge >= 0.3 is 0 Å². The maximum absolute atomic E-state index is 8.11. The van der Waals surface area contributed by atoms with E-state index in [9.17, 15) is 0 Å². The molecule has 0 saturated carbocycles. The van der Waals surface area contributed by atoms with E-state index in [-0.39, 0.29) is 5.33 Å². The molecule has 0 aromatic heterocycles. The van der Waals surface area contributed by atoms with E-state index < -0.39 is 18.4 Å². The first-order valence-corrected chi connectivity index (χ1v) is 3.62. The van der Waals surface area contributed by atoms with Crippen LogP contribution >= 0.6 is 31.9 Å². The Bertz CT molecular complexity index is 96.6. The molecule has 0 unspecified atom stereocenters. The lowest BCUT2D eigenvalue weighted by Gasteiger charge is -1.67. The quantitative estimate of drug-likeness (QED) is 0.714. The van der Waals surface area contributed by atoms with E-state index in [2.05, 4.69) is 31.9 Å². The molecule has 0 spiro atoms. The summed E-state index contributed by atoms with van der Waals surface area (Å²) in [6.45, 7) is -2.52. The lowest BCUT2D eigenvalue weighted by molar-refractivity contribution is 0.323. The van der Waals surface area contributed by atoms with Crippen LogP contribution in [0.2, 0.25) is 0 Å². The molecule has 4 heteroatoms. The summed E-state index contributed by atoms with van der Waals surface area (Å²) < 4.78 is 25.7. The first kappa shape index (κ1) is 4.66. The molecule has 0 rings (SSSR count). The van der Waals surface area contributed by atoms with Gasteiger partial charge < -0.3 is 10.2 Å². The number of halogens is 2. The molecule has 52 valence electrons. The first-order valence-electron chi connectivity index (χ1n) is 3.70. The van der Waals surface area contributed by atoms with Gasteiger partial charge in [0.15, 0.2) is 0 Å². The van der Waals surface area contributed by atoms with Gasteiger partial charge in [0, 0.05) is 13.4 Å². The molecule has 0 amide bonds. The van der Waals surface area contributed by atoms with Crippen LogP contribution < -0.4 is 0 Å². The zero-order valence-electron chi connectivity index (χ0n) is 8.06. The van der Waals surface area contributed by atoms with Crippen LogP contribution in [0.25, 0.3) is 0 Å². The third-order valence-corrected chi connectivity index (χ3v) is 0.621. The van der Waals surface area contributed by atoms with Crippen molar-refractivity contribution >= 4 is 31.9 Å². The fourth-order valence-electron chi connectivity index (χ4n) is 0. The maximum atomic E-state index is 8.11. The number of alkyl halides is 2. The Morgan fingerprint density at radius 2 is 1.62 bits per heavy atom. The Morgan fingerprint density at radius 3 is 1.62 bits per heavy atom. The van der Waals surface area contributed by atoms with Gasteiger partial charge in [-0.25, -0.2) is 0 Å². The molecule has 0 heterocycles. The molecule has 0 atom stereocenters. The number of hydrogen-bond donors (Lipinski definition) is 2. The molecular weight excluding hydrogens is 240 g/mol. The Kier molecular flexibility index (Phi) is 9.12. The van der Waals surface area contributed by atoms with Crippen molar-refractivity contribution in [1.29, 1.82) is 0 Å². The number of aliphatic hydroxyl groups excluding tert-OH is 1. The van der Waals surface area contributed by atoms with Gasteiger partial charge in [-0.05, 0) is 0 Å². The topological polar surface area (TPSA) is 40.5 Å². The molecule has 2 N–H and O–H groups in total. The number of rotatable bonds is 2. The van der Waals surface area contributed by atoms with Gasteiger partial charge in [-0.1, -0.05) is 31.9 Å². The van der Waals surface area contributed by atoms with E-state index in [1.807, 2.05) is 0 Å². The average Bonchev–Trinajstić information content (AvgIpc) is 1.86. The number of aliphatic hydroxyl groups is 2. The molecule has 0 aliphatic rings. The highest BCUT2D eigenvalue weighted by atomic mass is 79.9. The fraction of sp³-hybridized carbons (Fsp3) is 1.00. The van der Waals surface area contributed by atoms with Crippen LogP contribution in [0.3, 0.4) is 0 Å². The largest absolute Gasteiger partial charge is 0.396 e. The van der Waals surface area contributed by atoms with Crippen LogP contribution in [0.4, 0.5) is 0 Å². The molecule has 0 fully saturated rings. The van der Waals surface area contributed by atoms with Crippen LogP contribution in [0.5, 0.6) is 0 Å². The number of hydrogen-bond acceptors (Lipinski definition) is 2. The van der Waals surface area contributed by atoms with Crippen molar-refractivity contribution in [3.8, 4) is 0 Å². The summed E-state index contributed by atoms with van der Waals surface area (Å²) in [5.74, 6) is 0. The highest BCUT2D eigenvalue weighted by Crippen LogP contribution is 1.70. The second kappa shape index (κ2) is 15.7. The summed E-state index contributed by atoms with van der Waals surface area (Å²) in [6, 6.07) is 0. The molecule has 0 aliphatic heterocycles. The van der Waals surface area contributed by atoms with Crippen molar-refractivity contribution in [3.63, 3.8) is 0 Å². The predicted octanol–water partition coefficient (Wildman–Crippen LogP) is 0.747. The predicted molar refractivity (Wildman–Crippen MR) is 41.8 cm³/mol. The second-order valence-electron chi connectivity index (χ2n) is 0.583. The van der Waals surface area contributed by atoms with Crippen molar-refractivity contribution in [2.75, 3.05) is 23.8 Å². The smallest absolute Gasteiger partial charge is 0.0572 e. The fourth-order valence-corrected chi connectivity index (χ4v) is 0. The second-order valence-corrected chi connectivity index (χ2v) is 1.70. The molecule has 0 radical (unpaired) electrons. The minimum atomic E-state index is -2.04. The maximum Gasteiger partial charge on any atom is 0.0572 e. The summed E-state index contributed by atoms with van der Waals surface area (Å²) in [5.41, 5.74) is 0. The lowest BCUT2D eigenvalue weighted by Crippen LogP contribution is -1.75. The van der Waals surface area contributed by atoms with Gasteiger partial charge in [-0.15, -0.1) is 0 Å². The van der Waals surface area contributed by atoms with Gasteiger partial charge in [0.1, 0.15) is 0 Å². The van der Waals surface area contributed by atoms with E-state index in [1.54, 1.807) is 0 Å². The monoisotopic (exact) mass is 252 g/mol. The van der Waals surface area contributed by atoms with Gasteiger partial charge in [0.2, 0.25) is 0 Å². The summed E-state index contributed by atoms with van der Waals surface area (Å²) in [7, 11) is 0. The van der Waals surface area contributed by atoms with E-state index >= 15 is 0 Å². The van der Waals surface area contributed by atoms with Crippen molar-refractivity contribution in [2.45, 2.75) is 0 Å². The standard InChI is InChI=1S/2C2H5BrO/c2*3-1-2-4/h2*4H,1-2H2/i2D2;1D2. The highest BCUT2D eigenvalue weighted by molar-refractivity contribution is 9.09. The van der Waals surface area contributed by atoms with Crippen molar-refractivity contribution < 1.29 is 15.7 Å². The highest BCUT2D eigenvalue weighted by Gasteiger charge is 1.59. The normalized spacial score (nSPS) is 18.5. The SMILES string of the molecule is [2H]C([2H])(Br)CO.[2H]C([2H])(O)CBr. The summed E-state index contributed by atoms with van der Waals surface area (Å²) in [4.78, 5) is 0. The molecule has 0 bridgehead atoms. The molecule has 0 saturated heterocycles. The zero-order valence-corrected chi connectivity index (χ0v) is 7.24. The lowest BCUT2D eigenvalue weighted by atomic mass is 10.9. The van der Waals surface area contributed by atoms with Crippen LogP contribution in [0.1, 0.15) is 5.48 Å². The minimum Gasteiger partial charge on any atom is -0.396 e.